The lowest BCUT2D eigenvalue weighted by Crippen LogP contribution is -2.32. The first-order chi connectivity index (χ1) is 7.85. The molecule has 0 aliphatic rings. The predicted octanol–water partition coefficient (Wildman–Crippen LogP) is 2.54. The van der Waals surface area contributed by atoms with Crippen molar-refractivity contribution in [1.29, 1.82) is 0 Å². The summed E-state index contributed by atoms with van der Waals surface area (Å²) >= 11 is 0. The van der Waals surface area contributed by atoms with Crippen LogP contribution in [0, 0.1) is 5.82 Å². The van der Waals surface area contributed by atoms with E-state index in [9.17, 15) is 17.6 Å². The molecule has 1 rings (SSSR count). The minimum absolute atomic E-state index is 0.185. The molecule has 0 radical (unpaired) electrons. The molecule has 96 valence electrons. The molecule has 2 nitrogen and oxygen atoms in total. The predicted molar refractivity (Wildman–Crippen MR) is 58.5 cm³/mol. The summed E-state index contributed by atoms with van der Waals surface area (Å²) in [5, 5.41) is 2.74. The molecule has 0 aliphatic carbocycles. The van der Waals surface area contributed by atoms with Crippen LogP contribution < -0.4 is 10.2 Å². The Hall–Kier alpha value is -1.30. The van der Waals surface area contributed by atoms with Gasteiger partial charge in [0.2, 0.25) is 0 Å². The third kappa shape index (κ3) is 3.89. The SMILES string of the molecule is CNCc1c(F)cccc1N(C)CC(F)(F)F. The molecule has 6 heteroatoms. The first-order valence-electron chi connectivity index (χ1n) is 5.05. The Labute approximate surface area is 97.2 Å². The topological polar surface area (TPSA) is 15.3 Å². The summed E-state index contributed by atoms with van der Waals surface area (Å²) in [6.45, 7) is -0.919. The fourth-order valence-electron chi connectivity index (χ4n) is 1.61. The smallest absolute Gasteiger partial charge is 0.365 e. The van der Waals surface area contributed by atoms with Crippen LogP contribution in [-0.2, 0) is 6.54 Å². The van der Waals surface area contributed by atoms with Gasteiger partial charge < -0.3 is 10.2 Å². The Morgan fingerprint density at radius 3 is 2.47 bits per heavy atom. The zero-order chi connectivity index (χ0) is 13.1. The Morgan fingerprint density at radius 1 is 1.29 bits per heavy atom. The normalized spacial score (nSPS) is 11.6. The molecule has 0 unspecified atom stereocenters. The molecule has 0 amide bonds. The molecule has 0 heterocycles. The van der Waals surface area contributed by atoms with Crippen LogP contribution in [0.5, 0.6) is 0 Å². The second-order valence-electron chi connectivity index (χ2n) is 3.74. The van der Waals surface area contributed by atoms with E-state index in [1.807, 2.05) is 0 Å². The molecular weight excluding hydrogens is 236 g/mol. The number of benzene rings is 1. The van der Waals surface area contributed by atoms with Gasteiger partial charge in [-0.05, 0) is 19.2 Å². The van der Waals surface area contributed by atoms with Gasteiger partial charge in [0, 0.05) is 24.8 Å². The number of alkyl halides is 3. The highest BCUT2D eigenvalue weighted by Crippen LogP contribution is 2.25. The molecule has 1 aromatic rings. The molecule has 0 aromatic heterocycles. The molecule has 0 spiro atoms. The molecule has 0 bridgehead atoms. The van der Waals surface area contributed by atoms with Crippen LogP contribution in [0.3, 0.4) is 0 Å². The van der Waals surface area contributed by atoms with Crippen LogP contribution in [0.25, 0.3) is 0 Å². The first-order valence-corrected chi connectivity index (χ1v) is 5.05. The highest BCUT2D eigenvalue weighted by Gasteiger charge is 2.30. The van der Waals surface area contributed by atoms with E-state index in [1.165, 1.54) is 25.2 Å². The Morgan fingerprint density at radius 2 is 1.94 bits per heavy atom. The number of rotatable bonds is 4. The number of anilines is 1. The van der Waals surface area contributed by atoms with Gasteiger partial charge in [-0.15, -0.1) is 0 Å². The molecule has 1 N–H and O–H groups in total. The molecule has 17 heavy (non-hydrogen) atoms. The molecular formula is C11H14F4N2. The van der Waals surface area contributed by atoms with Crippen molar-refractivity contribution in [3.05, 3.63) is 29.6 Å². The lowest BCUT2D eigenvalue weighted by Gasteiger charge is -2.23. The summed E-state index contributed by atoms with van der Waals surface area (Å²) in [4.78, 5) is 0.996. The van der Waals surface area contributed by atoms with Crippen molar-refractivity contribution in [2.75, 3.05) is 25.5 Å². The van der Waals surface area contributed by atoms with Crippen molar-refractivity contribution >= 4 is 5.69 Å². The maximum absolute atomic E-state index is 13.5. The Balaban J connectivity index is 3.00. The van der Waals surface area contributed by atoms with Gasteiger partial charge in [-0.25, -0.2) is 4.39 Å². The lowest BCUT2D eigenvalue weighted by molar-refractivity contribution is -0.119. The summed E-state index contributed by atoms with van der Waals surface area (Å²) in [7, 11) is 2.90. The summed E-state index contributed by atoms with van der Waals surface area (Å²) in [5.41, 5.74) is 0.485. The first kappa shape index (κ1) is 13.8. The molecule has 0 saturated carbocycles. The molecule has 0 fully saturated rings. The van der Waals surface area contributed by atoms with Gasteiger partial charge in [-0.2, -0.15) is 13.2 Å². The number of hydrogen-bond acceptors (Lipinski definition) is 2. The van der Waals surface area contributed by atoms with E-state index in [-0.39, 0.29) is 17.8 Å². The fraction of sp³-hybridized carbons (Fsp3) is 0.455. The van der Waals surface area contributed by atoms with E-state index in [0.29, 0.717) is 0 Å². The zero-order valence-corrected chi connectivity index (χ0v) is 9.61. The number of halogens is 4. The summed E-state index contributed by atoms with van der Waals surface area (Å²) < 4.78 is 50.3. The lowest BCUT2D eigenvalue weighted by atomic mass is 10.1. The average Bonchev–Trinajstić information content (AvgIpc) is 2.18. The average molecular weight is 250 g/mol. The summed E-state index contributed by atoms with van der Waals surface area (Å²) in [6.07, 6.45) is -4.31. The van der Waals surface area contributed by atoms with E-state index in [1.54, 1.807) is 7.05 Å². The van der Waals surface area contributed by atoms with Crippen LogP contribution in [0.1, 0.15) is 5.56 Å². The van der Waals surface area contributed by atoms with Crippen LogP contribution in [0.2, 0.25) is 0 Å². The third-order valence-corrected chi connectivity index (χ3v) is 2.28. The standard InChI is InChI=1S/C11H14F4N2/c1-16-6-8-9(12)4-3-5-10(8)17(2)7-11(13,14)15/h3-5,16H,6-7H2,1-2H3. The van der Waals surface area contributed by atoms with Crippen LogP contribution in [0.4, 0.5) is 23.2 Å². The van der Waals surface area contributed by atoms with E-state index >= 15 is 0 Å². The second kappa shape index (κ2) is 5.35. The quantitative estimate of drug-likeness (QED) is 0.826. The molecule has 1 aromatic carbocycles. The van der Waals surface area contributed by atoms with E-state index in [0.717, 1.165) is 4.90 Å². The molecule has 0 atom stereocenters. The van der Waals surface area contributed by atoms with Gasteiger partial charge in [0.15, 0.2) is 0 Å². The number of nitrogens with zero attached hydrogens (tertiary/aromatic N) is 1. The minimum Gasteiger partial charge on any atom is -0.365 e. The molecule has 0 saturated heterocycles. The second-order valence-corrected chi connectivity index (χ2v) is 3.74. The Bertz CT molecular complexity index is 376. The summed E-state index contributed by atoms with van der Waals surface area (Å²) in [5.74, 6) is -0.508. The minimum atomic E-state index is -4.31. The van der Waals surface area contributed by atoms with Crippen molar-refractivity contribution in [3.63, 3.8) is 0 Å². The number of nitrogens with one attached hydrogen (secondary N) is 1. The van der Waals surface area contributed by atoms with Crippen molar-refractivity contribution in [1.82, 2.24) is 5.32 Å². The highest BCUT2D eigenvalue weighted by molar-refractivity contribution is 5.53. The van der Waals surface area contributed by atoms with Crippen LogP contribution in [-0.4, -0.2) is 26.8 Å². The van der Waals surface area contributed by atoms with E-state index in [4.69, 9.17) is 0 Å². The van der Waals surface area contributed by atoms with Gasteiger partial charge in [-0.3, -0.25) is 0 Å². The largest absolute Gasteiger partial charge is 0.405 e. The van der Waals surface area contributed by atoms with Crippen molar-refractivity contribution in [2.24, 2.45) is 0 Å². The monoisotopic (exact) mass is 250 g/mol. The van der Waals surface area contributed by atoms with Gasteiger partial charge in [0.05, 0.1) is 0 Å². The van der Waals surface area contributed by atoms with Gasteiger partial charge in [0.25, 0.3) is 0 Å². The van der Waals surface area contributed by atoms with Gasteiger partial charge in [-0.1, -0.05) is 6.07 Å². The van der Waals surface area contributed by atoms with Crippen LogP contribution in [0.15, 0.2) is 18.2 Å². The van der Waals surface area contributed by atoms with E-state index in [2.05, 4.69) is 5.32 Å². The number of hydrogen-bond donors (Lipinski definition) is 1. The van der Waals surface area contributed by atoms with Crippen molar-refractivity contribution in [2.45, 2.75) is 12.7 Å². The van der Waals surface area contributed by atoms with Crippen molar-refractivity contribution in [3.8, 4) is 0 Å². The van der Waals surface area contributed by atoms with Crippen LogP contribution >= 0.6 is 0 Å². The zero-order valence-electron chi connectivity index (χ0n) is 9.61. The third-order valence-electron chi connectivity index (χ3n) is 2.28. The van der Waals surface area contributed by atoms with Crippen molar-refractivity contribution < 1.29 is 17.6 Å². The fourth-order valence-corrected chi connectivity index (χ4v) is 1.61. The molecule has 0 aliphatic heterocycles. The maximum atomic E-state index is 13.5. The maximum Gasteiger partial charge on any atom is 0.405 e. The Kier molecular flexibility index (Phi) is 4.34. The van der Waals surface area contributed by atoms with E-state index < -0.39 is 18.5 Å². The highest BCUT2D eigenvalue weighted by atomic mass is 19.4. The van der Waals surface area contributed by atoms with Gasteiger partial charge in [0.1, 0.15) is 12.4 Å². The summed E-state index contributed by atoms with van der Waals surface area (Å²) in [6, 6.07) is 4.11. The van der Waals surface area contributed by atoms with Gasteiger partial charge >= 0.3 is 6.18 Å².